The molecule has 0 aromatic heterocycles. The van der Waals surface area contributed by atoms with Crippen LogP contribution in [0.5, 0.6) is 11.5 Å². The molecule has 180 valence electrons. The van der Waals surface area contributed by atoms with E-state index >= 15 is 0 Å². The summed E-state index contributed by atoms with van der Waals surface area (Å²) >= 11 is 6.23. The molecule has 4 rings (SSSR count). The van der Waals surface area contributed by atoms with Gasteiger partial charge in [-0.2, -0.15) is 0 Å². The van der Waals surface area contributed by atoms with Gasteiger partial charge in [-0.25, -0.2) is 4.79 Å². The van der Waals surface area contributed by atoms with Gasteiger partial charge in [-0.15, -0.1) is 0 Å². The number of aryl methyl sites for hydroxylation is 1. The molecule has 3 N–H and O–H groups in total. The summed E-state index contributed by atoms with van der Waals surface area (Å²) < 4.78 is 11.5. The lowest BCUT2D eigenvalue weighted by molar-refractivity contribution is -0.113. The molecule has 0 spiro atoms. The first-order valence-electron chi connectivity index (χ1n) is 11.1. The maximum Gasteiger partial charge on any atom is 0.319 e. The third-order valence-corrected chi connectivity index (χ3v) is 6.05. The Morgan fingerprint density at radius 3 is 2.49 bits per heavy atom. The Balaban J connectivity index is 1.60. The van der Waals surface area contributed by atoms with Gasteiger partial charge in [0.05, 0.1) is 18.7 Å². The molecule has 0 aliphatic carbocycles. The van der Waals surface area contributed by atoms with Gasteiger partial charge in [0.25, 0.3) is 5.91 Å². The number of hydrogen-bond acceptors (Lipinski definition) is 4. The van der Waals surface area contributed by atoms with Gasteiger partial charge in [0.2, 0.25) is 0 Å². The highest BCUT2D eigenvalue weighted by Crippen LogP contribution is 2.35. The fourth-order valence-electron chi connectivity index (χ4n) is 3.83. The van der Waals surface area contributed by atoms with E-state index in [9.17, 15) is 9.59 Å². The summed E-state index contributed by atoms with van der Waals surface area (Å²) in [7, 11) is 1.54. The minimum Gasteiger partial charge on any atom is -0.493 e. The highest BCUT2D eigenvalue weighted by molar-refractivity contribution is 6.31. The topological polar surface area (TPSA) is 88.7 Å². The van der Waals surface area contributed by atoms with Crippen LogP contribution in [0.25, 0.3) is 0 Å². The molecule has 0 saturated carbocycles. The minimum atomic E-state index is -0.680. The zero-order valence-corrected chi connectivity index (χ0v) is 20.4. The van der Waals surface area contributed by atoms with Crippen LogP contribution in [-0.4, -0.2) is 19.0 Å². The molecule has 1 unspecified atom stereocenters. The van der Waals surface area contributed by atoms with Crippen LogP contribution < -0.4 is 25.4 Å². The lowest BCUT2D eigenvalue weighted by Gasteiger charge is -2.29. The van der Waals surface area contributed by atoms with Crippen molar-refractivity contribution in [2.75, 3.05) is 12.4 Å². The quantitative estimate of drug-likeness (QED) is 0.407. The number of rotatable bonds is 7. The zero-order valence-electron chi connectivity index (χ0n) is 19.6. The van der Waals surface area contributed by atoms with Gasteiger partial charge in [0, 0.05) is 22.0 Å². The monoisotopic (exact) mass is 491 g/mol. The fourth-order valence-corrected chi connectivity index (χ4v) is 4.02. The smallest absolute Gasteiger partial charge is 0.319 e. The first-order valence-corrected chi connectivity index (χ1v) is 11.4. The highest BCUT2D eigenvalue weighted by Gasteiger charge is 2.32. The third kappa shape index (κ3) is 5.58. The van der Waals surface area contributed by atoms with Gasteiger partial charge < -0.3 is 25.4 Å². The zero-order chi connectivity index (χ0) is 24.9. The number of urea groups is 1. The number of anilines is 1. The largest absolute Gasteiger partial charge is 0.493 e. The number of methoxy groups -OCH3 is 1. The van der Waals surface area contributed by atoms with Crippen molar-refractivity contribution in [1.82, 2.24) is 10.6 Å². The number of nitrogens with one attached hydrogen (secondary N) is 3. The molecule has 3 aromatic rings. The van der Waals surface area contributed by atoms with Crippen molar-refractivity contribution in [1.29, 1.82) is 0 Å². The van der Waals surface area contributed by atoms with Gasteiger partial charge in [0.15, 0.2) is 11.5 Å². The van der Waals surface area contributed by atoms with Crippen LogP contribution in [0.2, 0.25) is 5.02 Å². The molecule has 7 nitrogen and oxygen atoms in total. The van der Waals surface area contributed by atoms with Gasteiger partial charge in [-0.1, -0.05) is 53.6 Å². The average molecular weight is 492 g/mol. The molecular formula is C27H26ClN3O4. The van der Waals surface area contributed by atoms with E-state index in [0.717, 1.165) is 11.1 Å². The number of halogens is 1. The van der Waals surface area contributed by atoms with Crippen molar-refractivity contribution in [3.05, 3.63) is 99.7 Å². The van der Waals surface area contributed by atoms with E-state index in [2.05, 4.69) is 16.0 Å². The van der Waals surface area contributed by atoms with Crippen LogP contribution in [-0.2, 0) is 11.4 Å². The second-order valence-corrected chi connectivity index (χ2v) is 8.59. The van der Waals surface area contributed by atoms with Gasteiger partial charge in [-0.3, -0.25) is 4.79 Å². The molecule has 35 heavy (non-hydrogen) atoms. The van der Waals surface area contributed by atoms with Crippen LogP contribution in [0.1, 0.15) is 29.7 Å². The minimum absolute atomic E-state index is 0.267. The van der Waals surface area contributed by atoms with Crippen molar-refractivity contribution < 1.29 is 19.1 Å². The Kier molecular flexibility index (Phi) is 7.27. The molecule has 3 aromatic carbocycles. The summed E-state index contributed by atoms with van der Waals surface area (Å²) in [6.07, 6.45) is 0. The van der Waals surface area contributed by atoms with Crippen LogP contribution in [0.3, 0.4) is 0 Å². The van der Waals surface area contributed by atoms with Crippen molar-refractivity contribution in [2.24, 2.45) is 0 Å². The van der Waals surface area contributed by atoms with Crippen molar-refractivity contribution in [2.45, 2.75) is 26.5 Å². The second-order valence-electron chi connectivity index (χ2n) is 8.18. The maximum atomic E-state index is 13.2. The van der Waals surface area contributed by atoms with Crippen LogP contribution in [0, 0.1) is 6.92 Å². The first kappa shape index (κ1) is 24.2. The van der Waals surface area contributed by atoms with Gasteiger partial charge >= 0.3 is 6.03 Å². The molecular weight excluding hydrogens is 466 g/mol. The first-order chi connectivity index (χ1) is 16.9. The van der Waals surface area contributed by atoms with Crippen molar-refractivity contribution in [3.63, 3.8) is 0 Å². The second kappa shape index (κ2) is 10.5. The maximum absolute atomic E-state index is 13.2. The van der Waals surface area contributed by atoms with Crippen molar-refractivity contribution >= 4 is 29.2 Å². The summed E-state index contributed by atoms with van der Waals surface area (Å²) in [6, 6.07) is 19.2. The Hall–Kier alpha value is -3.97. The number of carbonyl (C=O) groups is 2. The normalized spacial score (nSPS) is 15.2. The number of allylic oxidation sites excluding steroid dienone is 1. The Labute approximate surface area is 209 Å². The molecule has 1 aliphatic rings. The van der Waals surface area contributed by atoms with E-state index in [-0.39, 0.29) is 12.5 Å². The van der Waals surface area contributed by atoms with Crippen LogP contribution >= 0.6 is 11.6 Å². The van der Waals surface area contributed by atoms with Crippen LogP contribution in [0.4, 0.5) is 10.5 Å². The summed E-state index contributed by atoms with van der Waals surface area (Å²) in [5.41, 5.74) is 4.15. The van der Waals surface area contributed by atoms with E-state index < -0.39 is 12.1 Å². The van der Waals surface area contributed by atoms with Crippen molar-refractivity contribution in [3.8, 4) is 11.5 Å². The van der Waals surface area contributed by atoms with Crippen LogP contribution in [0.15, 0.2) is 78.0 Å². The summed E-state index contributed by atoms with van der Waals surface area (Å²) in [6.45, 7) is 3.95. The molecule has 0 saturated heterocycles. The highest BCUT2D eigenvalue weighted by atomic mass is 35.5. The standard InChI is InChI=1S/C27H26ClN3O4/c1-16-8-11-20(12-9-16)30-26(32)24-17(2)29-27(33)31-25(24)18-10-13-22(23(14-18)34-3)35-15-19-6-4-5-7-21(19)28/h4-14,25H,15H2,1-3H3,(H,30,32)(H2,29,31,33). The Bertz CT molecular complexity index is 1290. The van der Waals surface area contributed by atoms with E-state index in [1.165, 1.54) is 7.11 Å². The van der Waals surface area contributed by atoms with E-state index in [1.54, 1.807) is 31.2 Å². The lowest BCUT2D eigenvalue weighted by Crippen LogP contribution is -2.46. The van der Waals surface area contributed by atoms with Gasteiger partial charge in [-0.05, 0) is 49.7 Å². The predicted octanol–water partition coefficient (Wildman–Crippen LogP) is 5.50. The molecule has 0 radical (unpaired) electrons. The average Bonchev–Trinajstić information content (AvgIpc) is 2.84. The molecule has 0 fully saturated rings. The molecule has 3 amide bonds. The molecule has 1 heterocycles. The summed E-state index contributed by atoms with van der Waals surface area (Å²) in [4.78, 5) is 25.5. The van der Waals surface area contributed by atoms with Gasteiger partial charge in [0.1, 0.15) is 6.61 Å². The van der Waals surface area contributed by atoms with E-state index in [4.69, 9.17) is 21.1 Å². The number of amides is 3. The number of benzene rings is 3. The number of hydrogen-bond donors (Lipinski definition) is 3. The Morgan fingerprint density at radius 2 is 1.77 bits per heavy atom. The molecule has 1 aliphatic heterocycles. The number of carbonyl (C=O) groups excluding carboxylic acids is 2. The summed E-state index contributed by atoms with van der Waals surface area (Å²) in [5, 5.41) is 9.06. The lowest BCUT2D eigenvalue weighted by atomic mass is 9.94. The molecule has 1 atom stereocenters. The SMILES string of the molecule is COc1cc(C2NC(=O)NC(C)=C2C(=O)Nc2ccc(C)cc2)ccc1OCc1ccccc1Cl. The predicted molar refractivity (Wildman–Crippen MR) is 136 cm³/mol. The summed E-state index contributed by atoms with van der Waals surface area (Å²) in [5.74, 6) is 0.669. The fraction of sp³-hybridized carbons (Fsp3) is 0.185. The number of ether oxygens (including phenoxy) is 2. The molecule has 8 heteroatoms. The third-order valence-electron chi connectivity index (χ3n) is 5.69. The molecule has 0 bridgehead atoms. The van der Waals surface area contributed by atoms with E-state index in [1.807, 2.05) is 49.4 Å². The Morgan fingerprint density at radius 1 is 1.03 bits per heavy atom. The van der Waals surface area contributed by atoms with E-state index in [0.29, 0.717) is 39.0 Å².